The quantitative estimate of drug-likeness (QED) is 0.586. The molecule has 0 saturated heterocycles. The lowest BCUT2D eigenvalue weighted by atomic mass is 10.4. The third-order valence-corrected chi connectivity index (χ3v) is 1.82. The van der Waals surface area contributed by atoms with E-state index in [0.717, 1.165) is 12.2 Å². The number of nitrogens with zero attached hydrogens (tertiary/aromatic N) is 1. The van der Waals surface area contributed by atoms with Crippen molar-refractivity contribution in [2.24, 2.45) is 0 Å². The lowest BCUT2D eigenvalue weighted by Gasteiger charge is -2.06. The van der Waals surface area contributed by atoms with Gasteiger partial charge in [0, 0.05) is 13.0 Å². The molecule has 1 aromatic rings. The molecule has 0 radical (unpaired) electrons. The van der Waals surface area contributed by atoms with Crippen LogP contribution in [0.2, 0.25) is 0 Å². The van der Waals surface area contributed by atoms with Gasteiger partial charge in [0.2, 0.25) is 5.89 Å². The summed E-state index contributed by atoms with van der Waals surface area (Å²) in [5, 5.41) is 20.5. The summed E-state index contributed by atoms with van der Waals surface area (Å²) in [5.41, 5.74) is 0. The topological polar surface area (TPSA) is 78.5 Å². The predicted molar refractivity (Wildman–Crippen MR) is 50.7 cm³/mol. The molecule has 1 unspecified atom stereocenters. The van der Waals surface area contributed by atoms with E-state index in [2.05, 4.69) is 10.3 Å². The van der Waals surface area contributed by atoms with Crippen LogP contribution in [0.3, 0.4) is 0 Å². The molecule has 1 heterocycles. The van der Waals surface area contributed by atoms with Crippen molar-refractivity contribution >= 4 is 0 Å². The standard InChI is InChI=1S/C9H16N2O3/c1-2-8-4-11-9(14-8)5-10-3-7(13)6-12/h4,7,10,12-13H,2-3,5-6H2,1H3. The zero-order chi connectivity index (χ0) is 10.4. The first-order chi connectivity index (χ1) is 6.76. The molecule has 0 aliphatic carbocycles. The molecule has 0 amide bonds. The van der Waals surface area contributed by atoms with Crippen molar-refractivity contribution in [3.05, 3.63) is 17.8 Å². The predicted octanol–water partition coefficient (Wildman–Crippen LogP) is -0.320. The van der Waals surface area contributed by atoms with Gasteiger partial charge >= 0.3 is 0 Å². The average Bonchev–Trinajstić information content (AvgIpc) is 2.65. The lowest BCUT2D eigenvalue weighted by molar-refractivity contribution is 0.0937. The highest BCUT2D eigenvalue weighted by molar-refractivity contribution is 4.93. The maximum Gasteiger partial charge on any atom is 0.208 e. The van der Waals surface area contributed by atoms with Crippen molar-refractivity contribution in [1.29, 1.82) is 0 Å². The molecular formula is C9H16N2O3. The van der Waals surface area contributed by atoms with E-state index in [1.165, 1.54) is 0 Å². The van der Waals surface area contributed by atoms with Gasteiger partial charge in [-0.1, -0.05) is 6.92 Å². The number of aliphatic hydroxyl groups is 2. The Balaban J connectivity index is 2.24. The van der Waals surface area contributed by atoms with E-state index >= 15 is 0 Å². The van der Waals surface area contributed by atoms with Crippen molar-refractivity contribution in [3.63, 3.8) is 0 Å². The van der Waals surface area contributed by atoms with E-state index in [-0.39, 0.29) is 6.61 Å². The van der Waals surface area contributed by atoms with Crippen molar-refractivity contribution in [2.45, 2.75) is 26.0 Å². The third kappa shape index (κ3) is 3.45. The van der Waals surface area contributed by atoms with E-state index in [4.69, 9.17) is 14.6 Å². The molecule has 3 N–H and O–H groups in total. The second-order valence-electron chi connectivity index (χ2n) is 3.04. The van der Waals surface area contributed by atoms with Crippen molar-refractivity contribution in [3.8, 4) is 0 Å². The second kappa shape index (κ2) is 5.74. The normalized spacial score (nSPS) is 13.1. The molecule has 0 saturated carbocycles. The maximum atomic E-state index is 9.02. The van der Waals surface area contributed by atoms with E-state index in [0.29, 0.717) is 19.0 Å². The Morgan fingerprint density at radius 3 is 3.00 bits per heavy atom. The van der Waals surface area contributed by atoms with Crippen LogP contribution in [0.25, 0.3) is 0 Å². The second-order valence-corrected chi connectivity index (χ2v) is 3.04. The fraction of sp³-hybridized carbons (Fsp3) is 0.667. The van der Waals surface area contributed by atoms with Crippen LogP contribution in [0.5, 0.6) is 0 Å². The highest BCUT2D eigenvalue weighted by atomic mass is 16.4. The van der Waals surface area contributed by atoms with Crippen LogP contribution in [0.4, 0.5) is 0 Å². The summed E-state index contributed by atoms with van der Waals surface area (Å²) in [4.78, 5) is 4.04. The van der Waals surface area contributed by atoms with Gasteiger partial charge in [-0.05, 0) is 0 Å². The first kappa shape index (κ1) is 11.2. The Morgan fingerprint density at radius 2 is 2.43 bits per heavy atom. The van der Waals surface area contributed by atoms with Crippen LogP contribution >= 0.6 is 0 Å². The fourth-order valence-electron chi connectivity index (χ4n) is 1.00. The first-order valence-electron chi connectivity index (χ1n) is 4.69. The summed E-state index contributed by atoms with van der Waals surface area (Å²) in [6, 6.07) is 0. The summed E-state index contributed by atoms with van der Waals surface area (Å²) in [6.07, 6.45) is 1.79. The molecule has 0 spiro atoms. The minimum absolute atomic E-state index is 0.237. The van der Waals surface area contributed by atoms with Crippen LogP contribution in [-0.2, 0) is 13.0 Å². The Hall–Kier alpha value is -0.910. The zero-order valence-corrected chi connectivity index (χ0v) is 8.23. The summed E-state index contributed by atoms with van der Waals surface area (Å²) < 4.78 is 5.33. The Bertz CT molecular complexity index is 262. The van der Waals surface area contributed by atoms with Gasteiger partial charge < -0.3 is 19.9 Å². The number of nitrogens with one attached hydrogen (secondary N) is 1. The highest BCUT2D eigenvalue weighted by Gasteiger charge is 2.04. The average molecular weight is 200 g/mol. The van der Waals surface area contributed by atoms with Gasteiger partial charge in [-0.2, -0.15) is 0 Å². The molecule has 1 aromatic heterocycles. The molecule has 80 valence electrons. The fourth-order valence-corrected chi connectivity index (χ4v) is 1.00. The monoisotopic (exact) mass is 200 g/mol. The summed E-state index contributed by atoms with van der Waals surface area (Å²) >= 11 is 0. The van der Waals surface area contributed by atoms with Gasteiger partial charge in [-0.15, -0.1) is 0 Å². The van der Waals surface area contributed by atoms with Crippen molar-refractivity contribution in [1.82, 2.24) is 10.3 Å². The van der Waals surface area contributed by atoms with Crippen LogP contribution in [0.15, 0.2) is 10.6 Å². The highest BCUT2D eigenvalue weighted by Crippen LogP contribution is 2.03. The smallest absolute Gasteiger partial charge is 0.208 e. The molecule has 0 aliphatic heterocycles. The van der Waals surface area contributed by atoms with Crippen LogP contribution in [0.1, 0.15) is 18.6 Å². The van der Waals surface area contributed by atoms with E-state index < -0.39 is 6.10 Å². The largest absolute Gasteiger partial charge is 0.444 e. The van der Waals surface area contributed by atoms with Gasteiger partial charge in [-0.25, -0.2) is 4.98 Å². The van der Waals surface area contributed by atoms with E-state index in [9.17, 15) is 0 Å². The molecular weight excluding hydrogens is 184 g/mol. The molecule has 0 fully saturated rings. The van der Waals surface area contributed by atoms with Crippen molar-refractivity contribution in [2.75, 3.05) is 13.2 Å². The van der Waals surface area contributed by atoms with Gasteiger partial charge in [0.15, 0.2) is 0 Å². The van der Waals surface area contributed by atoms with Crippen LogP contribution in [-0.4, -0.2) is 34.5 Å². The summed E-state index contributed by atoms with van der Waals surface area (Å²) in [6.45, 7) is 2.56. The number of oxazole rings is 1. The van der Waals surface area contributed by atoms with E-state index in [1.807, 2.05) is 6.92 Å². The van der Waals surface area contributed by atoms with Gasteiger partial charge in [-0.3, -0.25) is 0 Å². The Morgan fingerprint density at radius 1 is 1.64 bits per heavy atom. The maximum absolute atomic E-state index is 9.02. The minimum Gasteiger partial charge on any atom is -0.444 e. The lowest BCUT2D eigenvalue weighted by Crippen LogP contribution is -2.28. The number of rotatable bonds is 6. The zero-order valence-electron chi connectivity index (χ0n) is 8.23. The number of aliphatic hydroxyl groups excluding tert-OH is 2. The molecule has 5 nitrogen and oxygen atoms in total. The minimum atomic E-state index is -0.726. The SMILES string of the molecule is CCc1cnc(CNCC(O)CO)o1. The molecule has 1 atom stereocenters. The molecule has 0 bridgehead atoms. The van der Waals surface area contributed by atoms with E-state index in [1.54, 1.807) is 6.20 Å². The van der Waals surface area contributed by atoms with Crippen molar-refractivity contribution < 1.29 is 14.6 Å². The number of aromatic nitrogens is 1. The summed E-state index contributed by atoms with van der Waals surface area (Å²) in [7, 11) is 0. The van der Waals surface area contributed by atoms with Gasteiger partial charge in [0.05, 0.1) is 25.5 Å². The molecule has 14 heavy (non-hydrogen) atoms. The molecule has 1 rings (SSSR count). The number of hydrogen-bond acceptors (Lipinski definition) is 5. The first-order valence-corrected chi connectivity index (χ1v) is 4.69. The van der Waals surface area contributed by atoms with Crippen LogP contribution < -0.4 is 5.32 Å². The van der Waals surface area contributed by atoms with Gasteiger partial charge in [0.25, 0.3) is 0 Å². The van der Waals surface area contributed by atoms with Gasteiger partial charge in [0.1, 0.15) is 5.76 Å². The molecule has 0 aliphatic rings. The molecule has 5 heteroatoms. The Labute approximate surface area is 82.8 Å². The Kier molecular flexibility index (Phi) is 4.58. The third-order valence-electron chi connectivity index (χ3n) is 1.82. The number of aryl methyl sites for hydroxylation is 1. The summed E-state index contributed by atoms with van der Waals surface area (Å²) in [5.74, 6) is 1.46. The molecule has 0 aromatic carbocycles. The van der Waals surface area contributed by atoms with Crippen LogP contribution in [0, 0.1) is 0 Å². The number of hydrogen-bond donors (Lipinski definition) is 3.